The van der Waals surface area contributed by atoms with Crippen LogP contribution in [0.25, 0.3) is 65.3 Å². The Morgan fingerprint density at radius 3 is 1.21 bits per heavy atom. The molecule has 0 aromatic heterocycles. The Morgan fingerprint density at radius 1 is 0.207 bits per heavy atom. The Labute approximate surface area is 338 Å². The van der Waals surface area contributed by atoms with Crippen molar-refractivity contribution < 1.29 is 0 Å². The largest absolute Gasteiger partial charge is 0.310 e. The SMILES string of the molecule is c1ccc(-c2ccc(N(c3ccc(-c4ccc(N(c5ccccc5)c5cccc6ccccc56)cc4)cc3)c3ccc4ccc5cccc6ccc3c4c56)cc2)cc1. The van der Waals surface area contributed by atoms with Gasteiger partial charge in [0.15, 0.2) is 0 Å². The maximum atomic E-state index is 2.41. The van der Waals surface area contributed by atoms with Gasteiger partial charge in [-0.05, 0) is 115 Å². The Hall–Kier alpha value is -7.68. The highest BCUT2D eigenvalue weighted by molar-refractivity contribution is 6.25. The summed E-state index contributed by atoms with van der Waals surface area (Å²) in [7, 11) is 0. The van der Waals surface area contributed by atoms with E-state index in [4.69, 9.17) is 0 Å². The Bertz CT molecular complexity index is 3170. The molecule has 0 aliphatic heterocycles. The van der Waals surface area contributed by atoms with Crippen LogP contribution in [-0.2, 0) is 0 Å². The molecule has 0 heterocycles. The summed E-state index contributed by atoms with van der Waals surface area (Å²) >= 11 is 0. The molecule has 0 bridgehead atoms. The zero-order chi connectivity index (χ0) is 38.4. The fraction of sp³-hybridized carbons (Fsp3) is 0. The normalized spacial score (nSPS) is 11.4. The number of anilines is 6. The van der Waals surface area contributed by atoms with E-state index >= 15 is 0 Å². The molecule has 2 nitrogen and oxygen atoms in total. The van der Waals surface area contributed by atoms with Crippen LogP contribution in [0.4, 0.5) is 34.1 Å². The molecule has 0 aliphatic rings. The summed E-state index contributed by atoms with van der Waals surface area (Å²) in [5.41, 5.74) is 11.5. The summed E-state index contributed by atoms with van der Waals surface area (Å²) < 4.78 is 0. The van der Waals surface area contributed by atoms with Crippen LogP contribution in [-0.4, -0.2) is 0 Å². The van der Waals surface area contributed by atoms with Crippen molar-refractivity contribution in [3.63, 3.8) is 0 Å². The Balaban J connectivity index is 0.994. The van der Waals surface area contributed by atoms with E-state index in [-0.39, 0.29) is 0 Å². The van der Waals surface area contributed by atoms with Crippen LogP contribution in [0.2, 0.25) is 0 Å². The molecule has 0 radical (unpaired) electrons. The minimum atomic E-state index is 1.11. The van der Waals surface area contributed by atoms with Gasteiger partial charge in [-0.1, -0.05) is 170 Å². The smallest absolute Gasteiger partial charge is 0.0540 e. The lowest BCUT2D eigenvalue weighted by Crippen LogP contribution is -2.10. The van der Waals surface area contributed by atoms with E-state index in [0.717, 1.165) is 34.1 Å². The maximum absolute atomic E-state index is 2.41. The fourth-order valence-corrected chi connectivity index (χ4v) is 8.79. The minimum absolute atomic E-state index is 1.11. The van der Waals surface area contributed by atoms with Crippen molar-refractivity contribution in [2.45, 2.75) is 0 Å². The molecular weight excluding hydrogens is 701 g/mol. The number of nitrogens with zero attached hydrogens (tertiary/aromatic N) is 2. The van der Waals surface area contributed by atoms with Gasteiger partial charge in [-0.15, -0.1) is 0 Å². The van der Waals surface area contributed by atoms with Crippen molar-refractivity contribution in [2.75, 3.05) is 9.80 Å². The average Bonchev–Trinajstić information content (AvgIpc) is 3.30. The highest BCUT2D eigenvalue weighted by Crippen LogP contribution is 2.45. The molecule has 0 unspecified atom stereocenters. The third kappa shape index (κ3) is 5.82. The van der Waals surface area contributed by atoms with Gasteiger partial charge < -0.3 is 9.80 Å². The average molecular weight is 739 g/mol. The lowest BCUT2D eigenvalue weighted by Gasteiger charge is -2.28. The summed E-state index contributed by atoms with van der Waals surface area (Å²) in [6, 6.07) is 83.6. The summed E-state index contributed by atoms with van der Waals surface area (Å²) in [4.78, 5) is 4.77. The molecule has 2 heteroatoms. The molecule has 11 aromatic carbocycles. The van der Waals surface area contributed by atoms with Gasteiger partial charge in [-0.25, -0.2) is 0 Å². The molecular formula is C56H38N2. The fourth-order valence-electron chi connectivity index (χ4n) is 8.79. The van der Waals surface area contributed by atoms with E-state index in [0.29, 0.717) is 0 Å². The van der Waals surface area contributed by atoms with Gasteiger partial charge in [0, 0.05) is 33.5 Å². The standard InChI is InChI=1S/C56H38N2/c1-3-11-39(12-4-1)40-23-31-49(32-24-40)58(54-38-30-46-22-21-44-15-9-16-45-29-37-52(54)56(46)55(44)45)50-35-27-42(28-36-50)41-25-33-48(34-26-41)57(47-17-5-2-6-18-47)53-20-10-14-43-13-7-8-19-51(43)53/h1-38H. The topological polar surface area (TPSA) is 6.48 Å². The summed E-state index contributed by atoms with van der Waals surface area (Å²) in [6.45, 7) is 0. The number of benzene rings is 11. The molecule has 0 fully saturated rings. The van der Waals surface area contributed by atoms with Gasteiger partial charge in [0.2, 0.25) is 0 Å². The zero-order valence-corrected chi connectivity index (χ0v) is 31.8. The number of para-hydroxylation sites is 1. The molecule has 0 aliphatic carbocycles. The van der Waals surface area contributed by atoms with E-state index < -0.39 is 0 Å². The van der Waals surface area contributed by atoms with Crippen LogP contribution in [0.5, 0.6) is 0 Å². The second-order valence-corrected chi connectivity index (χ2v) is 15.0. The number of hydrogen-bond donors (Lipinski definition) is 0. The van der Waals surface area contributed by atoms with Crippen molar-refractivity contribution >= 4 is 77.2 Å². The molecule has 11 rings (SSSR count). The highest BCUT2D eigenvalue weighted by Gasteiger charge is 2.20. The third-order valence-electron chi connectivity index (χ3n) is 11.6. The molecule has 58 heavy (non-hydrogen) atoms. The molecule has 0 spiro atoms. The zero-order valence-electron chi connectivity index (χ0n) is 31.8. The van der Waals surface area contributed by atoms with Crippen LogP contribution >= 0.6 is 0 Å². The molecule has 11 aromatic rings. The predicted molar refractivity (Wildman–Crippen MR) is 248 cm³/mol. The first-order valence-corrected chi connectivity index (χ1v) is 19.9. The van der Waals surface area contributed by atoms with Crippen LogP contribution in [0.15, 0.2) is 231 Å². The van der Waals surface area contributed by atoms with Gasteiger partial charge in [0.25, 0.3) is 0 Å². The summed E-state index contributed by atoms with van der Waals surface area (Å²) in [5.74, 6) is 0. The molecule has 0 atom stereocenters. The lowest BCUT2D eigenvalue weighted by atomic mass is 9.93. The van der Waals surface area contributed by atoms with E-state index in [2.05, 4.69) is 240 Å². The quantitative estimate of drug-likeness (QED) is 0.143. The van der Waals surface area contributed by atoms with Crippen LogP contribution < -0.4 is 9.80 Å². The molecule has 0 saturated heterocycles. The predicted octanol–water partition coefficient (Wildman–Crippen LogP) is 16.0. The van der Waals surface area contributed by atoms with Crippen LogP contribution in [0, 0.1) is 0 Å². The van der Waals surface area contributed by atoms with Crippen molar-refractivity contribution in [3.05, 3.63) is 231 Å². The van der Waals surface area contributed by atoms with Crippen molar-refractivity contribution in [2.24, 2.45) is 0 Å². The van der Waals surface area contributed by atoms with Crippen molar-refractivity contribution in [1.82, 2.24) is 0 Å². The van der Waals surface area contributed by atoms with Gasteiger partial charge in [-0.2, -0.15) is 0 Å². The van der Waals surface area contributed by atoms with E-state index in [1.807, 2.05) is 0 Å². The third-order valence-corrected chi connectivity index (χ3v) is 11.6. The Morgan fingerprint density at radius 2 is 0.603 bits per heavy atom. The van der Waals surface area contributed by atoms with Gasteiger partial charge in [0.05, 0.1) is 11.4 Å². The monoisotopic (exact) mass is 738 g/mol. The van der Waals surface area contributed by atoms with Crippen molar-refractivity contribution in [1.29, 1.82) is 0 Å². The maximum Gasteiger partial charge on any atom is 0.0540 e. The highest BCUT2D eigenvalue weighted by atomic mass is 15.1. The number of fused-ring (bicyclic) bond motifs is 1. The van der Waals surface area contributed by atoms with E-state index in [9.17, 15) is 0 Å². The summed E-state index contributed by atoms with van der Waals surface area (Å²) in [6.07, 6.45) is 0. The van der Waals surface area contributed by atoms with Crippen LogP contribution in [0.3, 0.4) is 0 Å². The van der Waals surface area contributed by atoms with Gasteiger partial charge in [-0.3, -0.25) is 0 Å². The first-order valence-electron chi connectivity index (χ1n) is 19.9. The Kier molecular flexibility index (Phi) is 8.19. The lowest BCUT2D eigenvalue weighted by molar-refractivity contribution is 1.29. The molecule has 272 valence electrons. The van der Waals surface area contributed by atoms with Crippen molar-refractivity contribution in [3.8, 4) is 22.3 Å². The second kappa shape index (κ2) is 14.1. The molecule has 0 N–H and O–H groups in total. The number of rotatable bonds is 8. The van der Waals surface area contributed by atoms with E-state index in [1.165, 1.54) is 65.3 Å². The second-order valence-electron chi connectivity index (χ2n) is 15.0. The molecule has 0 amide bonds. The number of hydrogen-bond acceptors (Lipinski definition) is 2. The first-order chi connectivity index (χ1) is 28.8. The van der Waals surface area contributed by atoms with E-state index in [1.54, 1.807) is 0 Å². The van der Waals surface area contributed by atoms with Gasteiger partial charge in [0.1, 0.15) is 0 Å². The molecule has 0 saturated carbocycles. The first kappa shape index (κ1) is 33.6. The minimum Gasteiger partial charge on any atom is -0.310 e. The van der Waals surface area contributed by atoms with Gasteiger partial charge >= 0.3 is 0 Å². The van der Waals surface area contributed by atoms with Crippen LogP contribution in [0.1, 0.15) is 0 Å². The summed E-state index contributed by atoms with van der Waals surface area (Å²) in [5, 5.41) is 10.1.